The molecule has 0 spiro atoms. The molecule has 0 fully saturated rings. The molecule has 0 bridgehead atoms. The van der Waals surface area contributed by atoms with Crippen molar-refractivity contribution in [1.29, 1.82) is 0 Å². The zero-order chi connectivity index (χ0) is 15.4. The minimum absolute atomic E-state index is 0.00984. The van der Waals surface area contributed by atoms with Crippen molar-refractivity contribution >= 4 is 22.8 Å². The van der Waals surface area contributed by atoms with Gasteiger partial charge < -0.3 is 14.2 Å². The van der Waals surface area contributed by atoms with Gasteiger partial charge in [0.1, 0.15) is 13.1 Å². The van der Waals surface area contributed by atoms with Crippen LogP contribution >= 0.6 is 0 Å². The average molecular weight is 288 g/mol. The highest BCUT2D eigenvalue weighted by Crippen LogP contribution is 2.19. The van der Waals surface area contributed by atoms with E-state index in [9.17, 15) is 9.59 Å². The summed E-state index contributed by atoms with van der Waals surface area (Å²) in [6.45, 7) is 4.52. The van der Waals surface area contributed by atoms with Gasteiger partial charge in [0.25, 0.3) is 0 Å². The molecule has 0 atom stereocenters. The molecule has 0 aliphatic heterocycles. The molecule has 2 aromatic rings. The van der Waals surface area contributed by atoms with E-state index < -0.39 is 5.97 Å². The zero-order valence-corrected chi connectivity index (χ0v) is 12.6. The minimum Gasteiger partial charge on any atom is -0.468 e. The van der Waals surface area contributed by atoms with Gasteiger partial charge in [-0.2, -0.15) is 0 Å². The summed E-state index contributed by atoms with van der Waals surface area (Å²) in [4.78, 5) is 25.2. The van der Waals surface area contributed by atoms with Crippen LogP contribution in [0, 0.1) is 6.92 Å². The quantitative estimate of drug-likeness (QED) is 0.790. The summed E-state index contributed by atoms with van der Waals surface area (Å²) >= 11 is 0. The second-order valence-electron chi connectivity index (χ2n) is 4.91. The Kier molecular flexibility index (Phi) is 4.62. The van der Waals surface area contributed by atoms with Crippen LogP contribution in [-0.4, -0.2) is 41.5 Å². The predicted octanol–water partition coefficient (Wildman–Crippen LogP) is 1.97. The number of benzene rings is 1. The molecule has 1 aromatic heterocycles. The molecule has 0 unspecified atom stereocenters. The topological polar surface area (TPSA) is 51.5 Å². The molecule has 5 heteroatoms. The van der Waals surface area contributed by atoms with Crippen molar-refractivity contribution in [3.8, 4) is 0 Å². The van der Waals surface area contributed by atoms with Crippen molar-refractivity contribution in [1.82, 2.24) is 9.47 Å². The Bertz CT molecular complexity index is 661. The number of carbonyl (C=O) groups excluding carboxylic acids is 2. The molecule has 0 N–H and O–H groups in total. The molecule has 2 rings (SSSR count). The van der Waals surface area contributed by atoms with E-state index in [-0.39, 0.29) is 19.0 Å². The number of hydrogen-bond donors (Lipinski definition) is 0. The van der Waals surface area contributed by atoms with Gasteiger partial charge in [0.15, 0.2) is 0 Å². The van der Waals surface area contributed by atoms with Gasteiger partial charge in [0.2, 0.25) is 5.91 Å². The number of ether oxygens (including phenoxy) is 1. The van der Waals surface area contributed by atoms with Gasteiger partial charge in [0, 0.05) is 17.8 Å². The number of rotatable bonds is 5. The fraction of sp³-hybridized carbons (Fsp3) is 0.375. The molecule has 112 valence electrons. The number of aromatic nitrogens is 1. The summed E-state index contributed by atoms with van der Waals surface area (Å²) in [5.41, 5.74) is 2.05. The number of para-hydroxylation sites is 1. The van der Waals surface area contributed by atoms with Crippen LogP contribution in [0.25, 0.3) is 10.9 Å². The molecule has 1 heterocycles. The predicted molar refractivity (Wildman–Crippen MR) is 80.9 cm³/mol. The van der Waals surface area contributed by atoms with Crippen LogP contribution in [0.15, 0.2) is 30.3 Å². The first-order chi connectivity index (χ1) is 10.1. The Hall–Kier alpha value is -2.30. The normalized spacial score (nSPS) is 10.6. The van der Waals surface area contributed by atoms with Crippen LogP contribution in [0.2, 0.25) is 0 Å². The third-order valence-corrected chi connectivity index (χ3v) is 3.59. The largest absolute Gasteiger partial charge is 0.468 e. The fourth-order valence-electron chi connectivity index (χ4n) is 2.39. The summed E-state index contributed by atoms with van der Waals surface area (Å²) in [5.74, 6) is -0.494. The second kappa shape index (κ2) is 6.43. The smallest absolute Gasteiger partial charge is 0.325 e. The maximum Gasteiger partial charge on any atom is 0.325 e. The summed E-state index contributed by atoms with van der Waals surface area (Å²) in [5, 5.41) is 1.11. The van der Waals surface area contributed by atoms with Crippen molar-refractivity contribution in [2.75, 3.05) is 20.2 Å². The second-order valence-corrected chi connectivity index (χ2v) is 4.91. The Morgan fingerprint density at radius 3 is 2.67 bits per heavy atom. The van der Waals surface area contributed by atoms with E-state index in [0.29, 0.717) is 6.54 Å². The lowest BCUT2D eigenvalue weighted by Gasteiger charge is -2.20. The highest BCUT2D eigenvalue weighted by Gasteiger charge is 2.17. The molecule has 1 amide bonds. The van der Waals surface area contributed by atoms with Crippen molar-refractivity contribution in [3.05, 3.63) is 36.0 Å². The molecule has 0 aliphatic carbocycles. The number of fused-ring (bicyclic) bond motifs is 1. The number of carbonyl (C=O) groups is 2. The monoisotopic (exact) mass is 288 g/mol. The first kappa shape index (κ1) is 15.1. The number of amides is 1. The van der Waals surface area contributed by atoms with Crippen molar-refractivity contribution < 1.29 is 14.3 Å². The van der Waals surface area contributed by atoms with Crippen molar-refractivity contribution in [2.24, 2.45) is 0 Å². The van der Waals surface area contributed by atoms with E-state index in [4.69, 9.17) is 0 Å². The number of likely N-dealkylation sites (N-methyl/N-ethyl adjacent to an activating group) is 1. The van der Waals surface area contributed by atoms with Gasteiger partial charge in [-0.3, -0.25) is 9.59 Å². The minimum atomic E-state index is -0.403. The van der Waals surface area contributed by atoms with Crippen LogP contribution < -0.4 is 0 Å². The molecule has 0 saturated heterocycles. The lowest BCUT2D eigenvalue weighted by atomic mass is 10.2. The Morgan fingerprint density at radius 2 is 2.00 bits per heavy atom. The zero-order valence-electron chi connectivity index (χ0n) is 12.6. The first-order valence-corrected chi connectivity index (χ1v) is 6.96. The number of aryl methyl sites for hydroxylation is 1. The number of nitrogens with zero attached hydrogens (tertiary/aromatic N) is 2. The van der Waals surface area contributed by atoms with E-state index in [1.807, 2.05) is 42.7 Å². The van der Waals surface area contributed by atoms with Crippen LogP contribution in [0.5, 0.6) is 0 Å². The molecular weight excluding hydrogens is 268 g/mol. The Balaban J connectivity index is 2.20. The number of esters is 1. The standard InChI is InChI=1S/C16H20N2O3/c1-4-17(11-16(20)21-3)15(19)10-18-12(2)9-13-7-5-6-8-14(13)18/h5-9H,4,10-11H2,1-3H3. The van der Waals surface area contributed by atoms with E-state index in [1.165, 1.54) is 12.0 Å². The van der Waals surface area contributed by atoms with Gasteiger partial charge in [-0.25, -0.2) is 0 Å². The van der Waals surface area contributed by atoms with E-state index in [2.05, 4.69) is 10.8 Å². The molecular formula is C16H20N2O3. The van der Waals surface area contributed by atoms with Gasteiger partial charge in [-0.1, -0.05) is 18.2 Å². The average Bonchev–Trinajstić information content (AvgIpc) is 2.80. The van der Waals surface area contributed by atoms with Crippen molar-refractivity contribution in [2.45, 2.75) is 20.4 Å². The van der Waals surface area contributed by atoms with Gasteiger partial charge in [0.05, 0.1) is 7.11 Å². The van der Waals surface area contributed by atoms with Gasteiger partial charge >= 0.3 is 5.97 Å². The highest BCUT2D eigenvalue weighted by molar-refractivity contribution is 5.86. The van der Waals surface area contributed by atoms with E-state index >= 15 is 0 Å². The lowest BCUT2D eigenvalue weighted by Crippen LogP contribution is -2.38. The molecule has 0 radical (unpaired) electrons. The van der Waals surface area contributed by atoms with Crippen LogP contribution in [-0.2, 0) is 20.9 Å². The van der Waals surface area contributed by atoms with Crippen LogP contribution in [0.1, 0.15) is 12.6 Å². The molecule has 5 nitrogen and oxygen atoms in total. The summed E-state index contributed by atoms with van der Waals surface area (Å²) in [7, 11) is 1.32. The first-order valence-electron chi connectivity index (χ1n) is 6.96. The molecule has 1 aromatic carbocycles. The summed E-state index contributed by atoms with van der Waals surface area (Å²) in [6, 6.07) is 10.00. The maximum absolute atomic E-state index is 12.4. The number of methoxy groups -OCH3 is 1. The van der Waals surface area contributed by atoms with Crippen LogP contribution in [0.4, 0.5) is 0 Å². The maximum atomic E-state index is 12.4. The number of hydrogen-bond acceptors (Lipinski definition) is 3. The van der Waals surface area contributed by atoms with E-state index in [1.54, 1.807) is 0 Å². The SMILES string of the molecule is CCN(CC(=O)OC)C(=O)Cn1c(C)cc2ccccc21. The lowest BCUT2D eigenvalue weighted by molar-refractivity contribution is -0.147. The third-order valence-electron chi connectivity index (χ3n) is 3.59. The summed E-state index contributed by atoms with van der Waals surface area (Å²) in [6.07, 6.45) is 0. The van der Waals surface area contributed by atoms with E-state index in [0.717, 1.165) is 16.6 Å². The summed E-state index contributed by atoms with van der Waals surface area (Å²) < 4.78 is 6.59. The highest BCUT2D eigenvalue weighted by atomic mass is 16.5. The Labute approximate surface area is 124 Å². The molecule has 0 saturated carbocycles. The third kappa shape index (κ3) is 3.24. The molecule has 21 heavy (non-hydrogen) atoms. The van der Waals surface area contributed by atoms with Crippen LogP contribution in [0.3, 0.4) is 0 Å². The van der Waals surface area contributed by atoms with Gasteiger partial charge in [-0.15, -0.1) is 0 Å². The Morgan fingerprint density at radius 1 is 1.29 bits per heavy atom. The fourth-order valence-corrected chi connectivity index (χ4v) is 2.39. The van der Waals surface area contributed by atoms with Gasteiger partial charge in [-0.05, 0) is 31.4 Å². The van der Waals surface area contributed by atoms with Crippen molar-refractivity contribution in [3.63, 3.8) is 0 Å². The molecule has 0 aliphatic rings.